The molecule has 0 aromatic carbocycles. The Labute approximate surface area is 81.9 Å². The molecule has 4 nitrogen and oxygen atoms in total. The Morgan fingerprint density at radius 1 is 1.79 bits per heavy atom. The van der Waals surface area contributed by atoms with Gasteiger partial charge >= 0.3 is 5.97 Å². The highest BCUT2D eigenvalue weighted by Crippen LogP contribution is 2.43. The van der Waals surface area contributed by atoms with Gasteiger partial charge in [-0.2, -0.15) is 0 Å². The van der Waals surface area contributed by atoms with E-state index in [4.69, 9.17) is 9.63 Å². The zero-order valence-electron chi connectivity index (χ0n) is 8.06. The summed E-state index contributed by atoms with van der Waals surface area (Å²) in [6.07, 6.45) is 4.08. The van der Waals surface area contributed by atoms with Crippen LogP contribution in [0.5, 0.6) is 0 Å². The molecular formula is C10H13NO3. The van der Waals surface area contributed by atoms with Gasteiger partial charge in [-0.05, 0) is 18.8 Å². The quantitative estimate of drug-likeness (QED) is 0.799. The summed E-state index contributed by atoms with van der Waals surface area (Å²) >= 11 is 0. The first-order valence-electron chi connectivity index (χ1n) is 4.84. The molecule has 1 fully saturated rings. The van der Waals surface area contributed by atoms with Gasteiger partial charge in [0.2, 0.25) is 0 Å². The number of carboxylic acid groups (broad SMARTS) is 1. The summed E-state index contributed by atoms with van der Waals surface area (Å²) in [6.45, 7) is 1.90. The van der Waals surface area contributed by atoms with Crippen molar-refractivity contribution < 1.29 is 14.4 Å². The van der Waals surface area contributed by atoms with Crippen molar-refractivity contribution in [1.29, 1.82) is 0 Å². The molecule has 0 radical (unpaired) electrons. The maximum absolute atomic E-state index is 10.6. The number of carbonyl (C=O) groups is 1. The Morgan fingerprint density at radius 2 is 2.50 bits per heavy atom. The summed E-state index contributed by atoms with van der Waals surface area (Å²) in [6, 6.07) is 0. The van der Waals surface area contributed by atoms with Gasteiger partial charge in [0.05, 0.1) is 12.6 Å². The number of hydrogen-bond acceptors (Lipinski definition) is 3. The molecule has 1 heterocycles. The van der Waals surface area contributed by atoms with Crippen LogP contribution in [0.3, 0.4) is 0 Å². The predicted octanol–water partition coefficient (Wildman–Crippen LogP) is 2.13. The first-order chi connectivity index (χ1) is 6.68. The van der Waals surface area contributed by atoms with Crippen molar-refractivity contribution in [2.24, 2.45) is 0 Å². The maximum atomic E-state index is 10.6. The number of hydrogen-bond donors (Lipinski definition) is 1. The molecule has 1 aromatic rings. The Kier molecular flexibility index (Phi) is 2.27. The van der Waals surface area contributed by atoms with Gasteiger partial charge in [-0.3, -0.25) is 4.79 Å². The fourth-order valence-electron chi connectivity index (χ4n) is 1.65. The molecule has 1 aliphatic carbocycles. The highest BCUT2D eigenvalue weighted by molar-refractivity contribution is 5.68. The molecule has 1 unspecified atom stereocenters. The lowest BCUT2D eigenvalue weighted by molar-refractivity contribution is -0.137. The van der Waals surface area contributed by atoms with Gasteiger partial charge in [-0.1, -0.05) is 12.1 Å². The minimum Gasteiger partial charge on any atom is -0.481 e. The number of nitrogens with zero attached hydrogens (tertiary/aromatic N) is 1. The van der Waals surface area contributed by atoms with Crippen molar-refractivity contribution in [2.45, 2.75) is 38.0 Å². The van der Waals surface area contributed by atoms with E-state index in [0.717, 1.165) is 24.2 Å². The normalized spacial score (nSPS) is 18.1. The van der Waals surface area contributed by atoms with Crippen molar-refractivity contribution in [1.82, 2.24) is 5.16 Å². The fourth-order valence-corrected chi connectivity index (χ4v) is 1.65. The van der Waals surface area contributed by atoms with Crippen LogP contribution in [-0.4, -0.2) is 16.2 Å². The van der Waals surface area contributed by atoms with E-state index >= 15 is 0 Å². The summed E-state index contributed by atoms with van der Waals surface area (Å²) < 4.78 is 5.15. The van der Waals surface area contributed by atoms with Crippen molar-refractivity contribution >= 4 is 5.97 Å². The lowest BCUT2D eigenvalue weighted by atomic mass is 9.97. The zero-order valence-corrected chi connectivity index (χ0v) is 8.06. The topological polar surface area (TPSA) is 63.3 Å². The Balaban J connectivity index is 2.13. The van der Waals surface area contributed by atoms with Crippen LogP contribution in [-0.2, 0) is 4.79 Å². The summed E-state index contributed by atoms with van der Waals surface area (Å²) in [5.74, 6) is 0.609. The Hall–Kier alpha value is -1.32. The van der Waals surface area contributed by atoms with Crippen LogP contribution in [0.4, 0.5) is 0 Å². The average molecular weight is 195 g/mol. The van der Waals surface area contributed by atoms with Gasteiger partial charge in [0.1, 0.15) is 5.76 Å². The van der Waals surface area contributed by atoms with Gasteiger partial charge in [-0.25, -0.2) is 0 Å². The summed E-state index contributed by atoms with van der Waals surface area (Å²) in [5.41, 5.74) is 0.968. The molecule has 0 saturated heterocycles. The van der Waals surface area contributed by atoms with Crippen molar-refractivity contribution in [3.8, 4) is 0 Å². The molecule has 14 heavy (non-hydrogen) atoms. The van der Waals surface area contributed by atoms with E-state index in [1.54, 1.807) is 6.20 Å². The first-order valence-corrected chi connectivity index (χ1v) is 4.84. The summed E-state index contributed by atoms with van der Waals surface area (Å²) in [5, 5.41) is 12.4. The molecule has 1 aliphatic rings. The van der Waals surface area contributed by atoms with Crippen LogP contribution in [0, 0.1) is 0 Å². The third kappa shape index (κ3) is 1.78. The lowest BCUT2D eigenvalue weighted by Gasteiger charge is -2.06. The molecule has 0 spiro atoms. The van der Waals surface area contributed by atoms with Crippen molar-refractivity contribution in [3.05, 3.63) is 17.5 Å². The summed E-state index contributed by atoms with van der Waals surface area (Å²) in [4.78, 5) is 10.6. The standard InChI is InChI=1S/C10H13NO3/c1-6(4-9(12)13)8-5-11-14-10(8)7-2-3-7/h5-7H,2-4H2,1H3,(H,12,13). The average Bonchev–Trinajstić information content (AvgIpc) is 2.82. The van der Waals surface area contributed by atoms with E-state index in [-0.39, 0.29) is 12.3 Å². The maximum Gasteiger partial charge on any atom is 0.303 e. The molecular weight excluding hydrogens is 182 g/mol. The van der Waals surface area contributed by atoms with Crippen LogP contribution in [0.25, 0.3) is 0 Å². The van der Waals surface area contributed by atoms with E-state index in [0.29, 0.717) is 5.92 Å². The van der Waals surface area contributed by atoms with E-state index in [1.165, 1.54) is 0 Å². The highest BCUT2D eigenvalue weighted by atomic mass is 16.5. The van der Waals surface area contributed by atoms with E-state index in [1.807, 2.05) is 6.92 Å². The Morgan fingerprint density at radius 3 is 3.07 bits per heavy atom. The first kappa shape index (κ1) is 9.24. The van der Waals surface area contributed by atoms with Crippen molar-refractivity contribution in [2.75, 3.05) is 0 Å². The second-order valence-corrected chi connectivity index (χ2v) is 3.92. The minimum atomic E-state index is -0.777. The van der Waals surface area contributed by atoms with E-state index in [2.05, 4.69) is 5.16 Å². The third-order valence-corrected chi connectivity index (χ3v) is 2.59. The number of aliphatic carboxylic acids is 1. The molecule has 0 aliphatic heterocycles. The minimum absolute atomic E-state index is 0.00523. The second-order valence-electron chi connectivity index (χ2n) is 3.92. The molecule has 1 atom stereocenters. The predicted molar refractivity (Wildman–Crippen MR) is 49.1 cm³/mol. The van der Waals surface area contributed by atoms with Gasteiger partial charge in [-0.15, -0.1) is 0 Å². The molecule has 1 saturated carbocycles. The van der Waals surface area contributed by atoms with Gasteiger partial charge < -0.3 is 9.63 Å². The largest absolute Gasteiger partial charge is 0.481 e. The zero-order chi connectivity index (χ0) is 10.1. The molecule has 0 bridgehead atoms. The highest BCUT2D eigenvalue weighted by Gasteiger charge is 2.31. The van der Waals surface area contributed by atoms with Crippen LogP contribution < -0.4 is 0 Å². The third-order valence-electron chi connectivity index (χ3n) is 2.59. The van der Waals surface area contributed by atoms with Gasteiger partial charge in [0.15, 0.2) is 0 Å². The van der Waals surface area contributed by atoms with Crippen LogP contribution in [0.15, 0.2) is 10.7 Å². The van der Waals surface area contributed by atoms with Crippen LogP contribution >= 0.6 is 0 Å². The van der Waals surface area contributed by atoms with Crippen LogP contribution in [0.2, 0.25) is 0 Å². The smallest absolute Gasteiger partial charge is 0.303 e. The molecule has 2 rings (SSSR count). The Bertz CT molecular complexity index is 341. The van der Waals surface area contributed by atoms with E-state index < -0.39 is 5.97 Å². The second kappa shape index (κ2) is 3.44. The summed E-state index contributed by atoms with van der Waals surface area (Å²) in [7, 11) is 0. The number of aromatic nitrogens is 1. The van der Waals surface area contributed by atoms with Crippen molar-refractivity contribution in [3.63, 3.8) is 0 Å². The SMILES string of the molecule is CC(CC(=O)O)c1cnoc1C1CC1. The molecule has 1 N–H and O–H groups in total. The fraction of sp³-hybridized carbons (Fsp3) is 0.600. The number of rotatable bonds is 4. The molecule has 0 amide bonds. The molecule has 4 heteroatoms. The lowest BCUT2D eigenvalue weighted by Crippen LogP contribution is -2.03. The van der Waals surface area contributed by atoms with Crippen LogP contribution in [0.1, 0.15) is 49.3 Å². The monoisotopic (exact) mass is 195 g/mol. The molecule has 76 valence electrons. The number of carboxylic acids is 1. The van der Waals surface area contributed by atoms with Gasteiger partial charge in [0, 0.05) is 11.5 Å². The molecule has 1 aromatic heterocycles. The van der Waals surface area contributed by atoms with Gasteiger partial charge in [0.25, 0.3) is 0 Å². The van der Waals surface area contributed by atoms with E-state index in [9.17, 15) is 4.79 Å².